The second-order valence-corrected chi connectivity index (χ2v) is 5.86. The number of nitrogens with one attached hydrogen (secondary N) is 1. The van der Waals surface area contributed by atoms with Gasteiger partial charge in [0.25, 0.3) is 0 Å². The number of halogens is 1. The van der Waals surface area contributed by atoms with E-state index in [-0.39, 0.29) is 0 Å². The molecule has 0 spiro atoms. The quantitative estimate of drug-likeness (QED) is 0.834. The minimum absolute atomic E-state index is 0.340. The van der Waals surface area contributed by atoms with E-state index in [1.807, 2.05) is 18.2 Å². The number of anilines is 1. The predicted octanol–water partition coefficient (Wildman–Crippen LogP) is 2.92. The number of hydrogen-bond acceptors (Lipinski definition) is 3. The van der Waals surface area contributed by atoms with Crippen molar-refractivity contribution in [3.63, 3.8) is 0 Å². The lowest BCUT2D eigenvalue weighted by Crippen LogP contribution is -2.21. The van der Waals surface area contributed by atoms with Crippen LogP contribution in [0.3, 0.4) is 0 Å². The molecule has 2 unspecified atom stereocenters. The van der Waals surface area contributed by atoms with Gasteiger partial charge in [0.1, 0.15) is 4.99 Å². The Hall–Kier alpha value is -0.650. The van der Waals surface area contributed by atoms with Crippen molar-refractivity contribution in [3.8, 4) is 0 Å². The number of hydrogen-bond donors (Lipinski definition) is 2. The molecule has 18 heavy (non-hydrogen) atoms. The van der Waals surface area contributed by atoms with E-state index in [1.54, 1.807) is 0 Å². The molecule has 2 rings (SSSR count). The topological polar surface area (TPSA) is 47.3 Å². The average Bonchev–Trinajstić information content (AvgIpc) is 2.73. The Morgan fingerprint density at radius 2 is 2.39 bits per heavy atom. The van der Waals surface area contributed by atoms with Crippen molar-refractivity contribution in [2.45, 2.75) is 19.4 Å². The highest BCUT2D eigenvalue weighted by Crippen LogP contribution is 2.26. The van der Waals surface area contributed by atoms with Gasteiger partial charge in [-0.05, 0) is 47.5 Å². The molecule has 0 radical (unpaired) electrons. The Balaban J connectivity index is 1.99. The molecule has 2 atom stereocenters. The molecule has 1 saturated heterocycles. The maximum absolute atomic E-state index is 5.60. The molecule has 1 aromatic rings. The number of rotatable bonds is 4. The second kappa shape index (κ2) is 5.99. The van der Waals surface area contributed by atoms with Crippen molar-refractivity contribution in [1.82, 2.24) is 0 Å². The molecule has 5 heteroatoms. The second-order valence-electron chi connectivity index (χ2n) is 4.56. The minimum atomic E-state index is 0.340. The van der Waals surface area contributed by atoms with E-state index in [0.717, 1.165) is 35.3 Å². The highest BCUT2D eigenvalue weighted by atomic mass is 79.9. The molecule has 1 aromatic carbocycles. The van der Waals surface area contributed by atoms with Crippen LogP contribution >= 0.6 is 28.1 Å². The standard InChI is InChI=1S/C13H17BrN2OS/c1-8-10(4-5-17-8)7-16-12-3-2-9(13(15)18)6-11(12)14/h2-3,6,8,10,16H,4-5,7H2,1H3,(H2,15,18). The van der Waals surface area contributed by atoms with Crippen molar-refractivity contribution in [2.75, 3.05) is 18.5 Å². The lowest BCUT2D eigenvalue weighted by molar-refractivity contribution is 0.108. The minimum Gasteiger partial charge on any atom is -0.389 e. The summed E-state index contributed by atoms with van der Waals surface area (Å²) in [5.74, 6) is 0.576. The van der Waals surface area contributed by atoms with Crippen molar-refractivity contribution in [2.24, 2.45) is 11.7 Å². The summed E-state index contributed by atoms with van der Waals surface area (Å²) < 4.78 is 6.53. The molecule has 0 bridgehead atoms. The number of thiocarbonyl (C=S) groups is 1. The third-order valence-corrected chi connectivity index (χ3v) is 4.23. The van der Waals surface area contributed by atoms with E-state index < -0.39 is 0 Å². The summed E-state index contributed by atoms with van der Waals surface area (Å²) in [5, 5.41) is 3.44. The molecule has 1 fully saturated rings. The zero-order valence-corrected chi connectivity index (χ0v) is 12.7. The van der Waals surface area contributed by atoms with E-state index >= 15 is 0 Å². The van der Waals surface area contributed by atoms with Crippen molar-refractivity contribution in [3.05, 3.63) is 28.2 Å². The SMILES string of the molecule is CC1OCCC1CNc1ccc(C(N)=S)cc1Br. The fraction of sp³-hybridized carbons (Fsp3) is 0.462. The van der Waals surface area contributed by atoms with Crippen molar-refractivity contribution >= 4 is 38.8 Å². The molecular formula is C13H17BrN2OS. The first kappa shape index (κ1) is 13.8. The maximum atomic E-state index is 5.60. The Morgan fingerprint density at radius 1 is 1.61 bits per heavy atom. The van der Waals surface area contributed by atoms with Crippen molar-refractivity contribution in [1.29, 1.82) is 0 Å². The molecule has 1 aliphatic heterocycles. The van der Waals surface area contributed by atoms with Gasteiger partial charge in [-0.2, -0.15) is 0 Å². The predicted molar refractivity (Wildman–Crippen MR) is 82.0 cm³/mol. The van der Waals surface area contributed by atoms with Crippen LogP contribution in [0.4, 0.5) is 5.69 Å². The Bertz CT molecular complexity index is 453. The van der Waals surface area contributed by atoms with Gasteiger partial charge in [-0.3, -0.25) is 0 Å². The maximum Gasteiger partial charge on any atom is 0.104 e. The summed E-state index contributed by atoms with van der Waals surface area (Å²) in [4.78, 5) is 0.417. The van der Waals surface area contributed by atoms with E-state index in [2.05, 4.69) is 28.2 Å². The fourth-order valence-corrected chi connectivity index (χ4v) is 2.74. The van der Waals surface area contributed by atoms with Gasteiger partial charge in [0.15, 0.2) is 0 Å². The van der Waals surface area contributed by atoms with Gasteiger partial charge in [0, 0.05) is 34.8 Å². The van der Waals surface area contributed by atoms with Crippen LogP contribution in [-0.2, 0) is 4.74 Å². The Morgan fingerprint density at radius 3 is 2.94 bits per heavy atom. The molecule has 1 heterocycles. The van der Waals surface area contributed by atoms with Crippen LogP contribution in [-0.4, -0.2) is 24.2 Å². The van der Waals surface area contributed by atoms with Gasteiger partial charge in [-0.25, -0.2) is 0 Å². The van der Waals surface area contributed by atoms with E-state index in [0.29, 0.717) is 17.0 Å². The molecule has 3 nitrogen and oxygen atoms in total. The van der Waals surface area contributed by atoms with Crippen LogP contribution in [0.1, 0.15) is 18.9 Å². The zero-order chi connectivity index (χ0) is 13.1. The first-order chi connectivity index (χ1) is 8.58. The Kier molecular flexibility index (Phi) is 4.59. The van der Waals surface area contributed by atoms with E-state index in [4.69, 9.17) is 22.7 Å². The van der Waals surface area contributed by atoms with Gasteiger partial charge in [-0.1, -0.05) is 12.2 Å². The molecular weight excluding hydrogens is 312 g/mol. The Labute approximate surface area is 121 Å². The van der Waals surface area contributed by atoms with Crippen LogP contribution in [0.2, 0.25) is 0 Å². The van der Waals surface area contributed by atoms with Crippen LogP contribution in [0, 0.1) is 5.92 Å². The van der Waals surface area contributed by atoms with Crippen LogP contribution in [0.15, 0.2) is 22.7 Å². The van der Waals surface area contributed by atoms with Crippen LogP contribution in [0.25, 0.3) is 0 Å². The average molecular weight is 329 g/mol. The summed E-state index contributed by atoms with van der Waals surface area (Å²) >= 11 is 8.48. The zero-order valence-electron chi connectivity index (χ0n) is 10.3. The van der Waals surface area contributed by atoms with Gasteiger partial charge in [-0.15, -0.1) is 0 Å². The smallest absolute Gasteiger partial charge is 0.104 e. The summed E-state index contributed by atoms with van der Waals surface area (Å²) in [6.45, 7) is 3.92. The highest BCUT2D eigenvalue weighted by molar-refractivity contribution is 9.10. The lowest BCUT2D eigenvalue weighted by atomic mass is 10.0. The van der Waals surface area contributed by atoms with E-state index in [1.165, 1.54) is 0 Å². The largest absolute Gasteiger partial charge is 0.389 e. The van der Waals surface area contributed by atoms with E-state index in [9.17, 15) is 0 Å². The summed E-state index contributed by atoms with van der Waals surface area (Å²) in [7, 11) is 0. The van der Waals surface area contributed by atoms with Crippen LogP contribution in [0.5, 0.6) is 0 Å². The lowest BCUT2D eigenvalue weighted by Gasteiger charge is -2.16. The summed E-state index contributed by atoms with van der Waals surface area (Å²) in [5.41, 5.74) is 7.54. The van der Waals surface area contributed by atoms with Gasteiger partial charge < -0.3 is 15.8 Å². The van der Waals surface area contributed by atoms with Gasteiger partial charge in [0.05, 0.1) is 6.10 Å². The molecule has 0 saturated carbocycles. The van der Waals surface area contributed by atoms with Gasteiger partial charge in [0.2, 0.25) is 0 Å². The van der Waals surface area contributed by atoms with Crippen molar-refractivity contribution < 1.29 is 4.74 Å². The highest BCUT2D eigenvalue weighted by Gasteiger charge is 2.23. The normalized spacial score (nSPS) is 23.0. The molecule has 0 aliphatic carbocycles. The summed E-state index contributed by atoms with van der Waals surface area (Å²) in [6.07, 6.45) is 1.46. The number of ether oxygens (including phenoxy) is 1. The first-order valence-electron chi connectivity index (χ1n) is 6.02. The molecule has 98 valence electrons. The monoisotopic (exact) mass is 328 g/mol. The first-order valence-corrected chi connectivity index (χ1v) is 7.23. The van der Waals surface area contributed by atoms with Crippen LogP contribution < -0.4 is 11.1 Å². The van der Waals surface area contributed by atoms with Gasteiger partial charge >= 0.3 is 0 Å². The molecule has 3 N–H and O–H groups in total. The number of nitrogens with two attached hydrogens (primary N) is 1. The fourth-order valence-electron chi connectivity index (χ4n) is 2.10. The third-order valence-electron chi connectivity index (χ3n) is 3.34. The molecule has 1 aliphatic rings. The summed E-state index contributed by atoms with van der Waals surface area (Å²) in [6, 6.07) is 5.88. The molecule has 0 amide bonds. The molecule has 0 aromatic heterocycles. The third kappa shape index (κ3) is 3.22. The number of benzene rings is 1.